The lowest BCUT2D eigenvalue weighted by atomic mass is 10.0. The van der Waals surface area contributed by atoms with Gasteiger partial charge in [0.2, 0.25) is 0 Å². The topological polar surface area (TPSA) is 54.5 Å². The zero-order valence-corrected chi connectivity index (χ0v) is 18.8. The quantitative estimate of drug-likeness (QED) is 0.389. The Morgan fingerprint density at radius 2 is 1.59 bits per heavy atom. The Labute approximate surface area is 188 Å². The Balaban J connectivity index is 1.69. The van der Waals surface area contributed by atoms with Gasteiger partial charge in [-0.15, -0.1) is 0 Å². The average molecular weight is 426 g/mol. The number of aromatic nitrogens is 1. The molecule has 0 fully saturated rings. The van der Waals surface area contributed by atoms with Gasteiger partial charge in [-0.2, -0.15) is 0 Å². The predicted molar refractivity (Wildman–Crippen MR) is 131 cm³/mol. The first-order chi connectivity index (χ1) is 15.5. The molecule has 0 radical (unpaired) electrons. The van der Waals surface area contributed by atoms with Gasteiger partial charge in [-0.25, -0.2) is 4.98 Å². The molecule has 0 saturated carbocycles. The summed E-state index contributed by atoms with van der Waals surface area (Å²) in [5.74, 6) is 1.74. The van der Waals surface area contributed by atoms with Gasteiger partial charge in [0.05, 0.1) is 18.4 Å². The number of hydrogen-bond acceptors (Lipinski definition) is 4. The third kappa shape index (κ3) is 4.14. The summed E-state index contributed by atoms with van der Waals surface area (Å²) in [6, 6.07) is 23.6. The first kappa shape index (κ1) is 21.4. The van der Waals surface area contributed by atoms with Gasteiger partial charge in [-0.3, -0.25) is 4.79 Å². The number of fused-ring (bicyclic) bond motifs is 1. The van der Waals surface area contributed by atoms with Crippen LogP contribution in [0.15, 0.2) is 79.0 Å². The second kappa shape index (κ2) is 9.10. The number of pyridine rings is 1. The van der Waals surface area contributed by atoms with Crippen LogP contribution < -0.4 is 15.0 Å². The van der Waals surface area contributed by atoms with Gasteiger partial charge in [-0.05, 0) is 41.1 Å². The smallest absolute Gasteiger partial charge is 0.260 e. The van der Waals surface area contributed by atoms with Crippen LogP contribution in [0.1, 0.15) is 35.7 Å². The van der Waals surface area contributed by atoms with Crippen LogP contribution in [0.25, 0.3) is 10.8 Å². The van der Waals surface area contributed by atoms with Crippen LogP contribution in [0.2, 0.25) is 0 Å². The number of anilines is 3. The van der Waals surface area contributed by atoms with Gasteiger partial charge in [0, 0.05) is 24.3 Å². The predicted octanol–water partition coefficient (Wildman–Crippen LogP) is 6.39. The average Bonchev–Trinajstić information content (AvgIpc) is 2.83. The van der Waals surface area contributed by atoms with E-state index in [9.17, 15) is 4.79 Å². The highest BCUT2D eigenvalue weighted by molar-refractivity contribution is 6.15. The fourth-order valence-electron chi connectivity index (χ4n) is 3.72. The Morgan fingerprint density at radius 3 is 2.28 bits per heavy atom. The molecule has 0 spiro atoms. The molecule has 1 N–H and O–H groups in total. The first-order valence-electron chi connectivity index (χ1n) is 10.7. The highest BCUT2D eigenvalue weighted by atomic mass is 16.5. The number of ether oxygens (including phenoxy) is 1. The molecule has 0 aliphatic heterocycles. The van der Waals surface area contributed by atoms with E-state index in [0.29, 0.717) is 17.3 Å². The third-order valence-electron chi connectivity index (χ3n) is 5.64. The molecule has 4 rings (SSSR count). The number of carbonyl (C=O) groups excluding carboxylic acids is 1. The molecule has 0 unspecified atom stereocenters. The van der Waals surface area contributed by atoms with Crippen molar-refractivity contribution in [1.82, 2.24) is 4.98 Å². The zero-order valence-electron chi connectivity index (χ0n) is 18.8. The van der Waals surface area contributed by atoms with Crippen LogP contribution in [0, 0.1) is 0 Å². The number of carbonyl (C=O) groups is 1. The summed E-state index contributed by atoms with van der Waals surface area (Å²) >= 11 is 0. The molecule has 0 aliphatic carbocycles. The van der Waals surface area contributed by atoms with Gasteiger partial charge >= 0.3 is 0 Å². The van der Waals surface area contributed by atoms with Crippen LogP contribution in [-0.4, -0.2) is 25.0 Å². The van der Waals surface area contributed by atoms with Gasteiger partial charge in [0.15, 0.2) is 0 Å². The van der Waals surface area contributed by atoms with E-state index in [1.807, 2.05) is 60.7 Å². The van der Waals surface area contributed by atoms with Gasteiger partial charge < -0.3 is 15.0 Å². The molecule has 0 atom stereocenters. The summed E-state index contributed by atoms with van der Waals surface area (Å²) in [5, 5.41) is 5.06. The summed E-state index contributed by atoms with van der Waals surface area (Å²) in [7, 11) is 3.43. The van der Waals surface area contributed by atoms with Crippen LogP contribution in [0.4, 0.5) is 17.2 Å². The number of benzene rings is 3. The monoisotopic (exact) mass is 425 g/mol. The molecule has 3 aromatic carbocycles. The zero-order chi connectivity index (χ0) is 22.7. The summed E-state index contributed by atoms with van der Waals surface area (Å²) in [5.41, 5.74) is 3.46. The maximum atomic E-state index is 13.4. The van der Waals surface area contributed by atoms with Crippen LogP contribution in [0.3, 0.4) is 0 Å². The lowest BCUT2D eigenvalue weighted by molar-refractivity contribution is 0.0994. The molecular weight excluding hydrogens is 398 g/mol. The highest BCUT2D eigenvalue weighted by Gasteiger charge is 2.19. The number of nitrogens with one attached hydrogen (secondary N) is 1. The molecule has 0 saturated heterocycles. The number of methoxy groups -OCH3 is 1. The van der Waals surface area contributed by atoms with Crippen molar-refractivity contribution in [3.63, 3.8) is 0 Å². The van der Waals surface area contributed by atoms with Crippen molar-refractivity contribution in [3.05, 3.63) is 90.1 Å². The van der Waals surface area contributed by atoms with E-state index in [1.54, 1.807) is 25.3 Å². The molecule has 5 heteroatoms. The molecule has 32 heavy (non-hydrogen) atoms. The number of para-hydroxylation sites is 2. The molecular formula is C27H27N3O2. The molecule has 162 valence electrons. The lowest BCUT2D eigenvalue weighted by Crippen LogP contribution is -2.26. The molecule has 5 nitrogen and oxygen atoms in total. The fraction of sp³-hybridized carbons (Fsp3) is 0.185. The Hall–Kier alpha value is -3.86. The van der Waals surface area contributed by atoms with Crippen molar-refractivity contribution < 1.29 is 9.53 Å². The number of rotatable bonds is 6. The number of amides is 1. The van der Waals surface area contributed by atoms with E-state index in [2.05, 4.69) is 36.3 Å². The molecule has 4 aromatic rings. The van der Waals surface area contributed by atoms with Crippen molar-refractivity contribution in [3.8, 4) is 5.75 Å². The molecule has 1 aromatic heterocycles. The minimum atomic E-state index is -0.102. The highest BCUT2D eigenvalue weighted by Crippen LogP contribution is 2.32. The van der Waals surface area contributed by atoms with E-state index in [4.69, 9.17) is 4.74 Å². The molecule has 1 heterocycles. The van der Waals surface area contributed by atoms with Gasteiger partial charge in [0.1, 0.15) is 11.6 Å². The summed E-state index contributed by atoms with van der Waals surface area (Å²) in [4.78, 5) is 19.7. The van der Waals surface area contributed by atoms with Gasteiger partial charge in [-0.1, -0.05) is 62.4 Å². The van der Waals surface area contributed by atoms with Crippen molar-refractivity contribution >= 4 is 33.9 Å². The van der Waals surface area contributed by atoms with E-state index < -0.39 is 0 Å². The number of hydrogen-bond donors (Lipinski definition) is 1. The summed E-state index contributed by atoms with van der Waals surface area (Å²) in [6.07, 6.45) is 1.64. The van der Waals surface area contributed by atoms with Crippen LogP contribution in [0.5, 0.6) is 5.75 Å². The molecule has 1 amide bonds. The number of nitrogens with zero attached hydrogens (tertiary/aromatic N) is 2. The van der Waals surface area contributed by atoms with Crippen LogP contribution in [-0.2, 0) is 0 Å². The van der Waals surface area contributed by atoms with Crippen molar-refractivity contribution in [2.45, 2.75) is 19.8 Å². The Bertz CT molecular complexity index is 1250. The van der Waals surface area contributed by atoms with E-state index in [-0.39, 0.29) is 5.91 Å². The minimum Gasteiger partial charge on any atom is -0.495 e. The fourth-order valence-corrected chi connectivity index (χ4v) is 3.72. The second-order valence-electron chi connectivity index (χ2n) is 8.00. The van der Waals surface area contributed by atoms with Crippen molar-refractivity contribution in [2.75, 3.05) is 24.4 Å². The van der Waals surface area contributed by atoms with E-state index in [1.165, 1.54) is 5.56 Å². The SMILES string of the molecule is COc1ccccc1Nc1ncc(C(=O)N(C)c2ccc(C(C)C)cc2)c2ccccc12. The van der Waals surface area contributed by atoms with Crippen LogP contribution >= 0.6 is 0 Å². The minimum absolute atomic E-state index is 0.102. The maximum absolute atomic E-state index is 13.4. The van der Waals surface area contributed by atoms with E-state index >= 15 is 0 Å². The molecule has 0 aliphatic rings. The standard InChI is InChI=1S/C27H27N3O2/c1-18(2)19-13-15-20(16-14-19)30(3)27(31)23-17-28-26(22-10-6-5-9-21(22)23)29-24-11-7-8-12-25(24)32-4/h5-18H,1-4H3,(H,28,29). The maximum Gasteiger partial charge on any atom is 0.260 e. The summed E-state index contributed by atoms with van der Waals surface area (Å²) in [6.45, 7) is 4.31. The molecule has 0 bridgehead atoms. The largest absolute Gasteiger partial charge is 0.495 e. The van der Waals surface area contributed by atoms with Gasteiger partial charge in [0.25, 0.3) is 5.91 Å². The van der Waals surface area contributed by atoms with E-state index in [0.717, 1.165) is 27.9 Å². The normalized spacial score (nSPS) is 10.9. The third-order valence-corrected chi connectivity index (χ3v) is 5.64. The van der Waals surface area contributed by atoms with Crippen molar-refractivity contribution in [2.24, 2.45) is 0 Å². The van der Waals surface area contributed by atoms with Crippen molar-refractivity contribution in [1.29, 1.82) is 0 Å². The Kier molecular flexibility index (Phi) is 6.08. The summed E-state index contributed by atoms with van der Waals surface area (Å²) < 4.78 is 5.44. The second-order valence-corrected chi connectivity index (χ2v) is 8.00. The first-order valence-corrected chi connectivity index (χ1v) is 10.7. The Morgan fingerprint density at radius 1 is 0.938 bits per heavy atom. The lowest BCUT2D eigenvalue weighted by Gasteiger charge is -2.20.